The zero-order valence-corrected chi connectivity index (χ0v) is 19.7. The van der Waals surface area contributed by atoms with Crippen LogP contribution in [0.25, 0.3) is 0 Å². The molecule has 1 aromatic carbocycles. The second-order valence-corrected chi connectivity index (χ2v) is 9.79. The number of amides is 3. The topological polar surface area (TPSA) is 139 Å². The first-order valence-electron chi connectivity index (χ1n) is 11.5. The molecule has 1 aliphatic carbocycles. The molecule has 1 aliphatic heterocycles. The number of carbonyl (C=O) groups is 3. The van der Waals surface area contributed by atoms with Gasteiger partial charge in [0.05, 0.1) is 18.2 Å². The minimum atomic E-state index is -0.728. The molecule has 3 atom stereocenters. The lowest BCUT2D eigenvalue weighted by Crippen LogP contribution is -2.52. The van der Waals surface area contributed by atoms with Crippen LogP contribution in [-0.2, 0) is 19.1 Å². The average molecular weight is 459 g/mol. The number of methoxy groups -OCH3 is 1. The third kappa shape index (κ3) is 6.10. The number of primary amides is 1. The molecule has 3 amide bonds. The molecule has 9 heteroatoms. The molecule has 180 valence electrons. The van der Waals surface area contributed by atoms with Crippen LogP contribution < -0.4 is 21.8 Å². The van der Waals surface area contributed by atoms with Gasteiger partial charge in [0.15, 0.2) is 0 Å². The summed E-state index contributed by atoms with van der Waals surface area (Å²) in [5.74, 6) is -1.02. The molecule has 2 aliphatic rings. The average Bonchev–Trinajstić information content (AvgIpc) is 3.26. The Hall–Kier alpha value is -2.94. The largest absolute Gasteiger partial charge is 0.381 e. The SMILES string of the molecule is CO[C@@H]1CC(NC(=O)[C@@H]2CCCN2C(=O)CNc2ccccc2C(=[NH2+])C(N)=O)CC(C)(C)C1. The van der Waals surface area contributed by atoms with E-state index >= 15 is 0 Å². The Labute approximate surface area is 194 Å². The fourth-order valence-electron chi connectivity index (χ4n) is 5.05. The van der Waals surface area contributed by atoms with E-state index in [0.29, 0.717) is 24.2 Å². The molecule has 1 saturated heterocycles. The Morgan fingerprint density at radius 3 is 2.67 bits per heavy atom. The number of nitrogens with zero attached hydrogens (tertiary/aromatic N) is 1. The second-order valence-electron chi connectivity index (χ2n) is 9.79. The van der Waals surface area contributed by atoms with Crippen molar-refractivity contribution in [1.82, 2.24) is 10.2 Å². The monoisotopic (exact) mass is 458 g/mol. The lowest BCUT2D eigenvalue weighted by molar-refractivity contribution is -0.138. The summed E-state index contributed by atoms with van der Waals surface area (Å²) in [5, 5.41) is 12.0. The van der Waals surface area contributed by atoms with Crippen molar-refractivity contribution >= 4 is 29.1 Å². The standard InChI is InChI=1S/C24H35N5O4/c1-24(2)12-15(11-16(13-24)33-3)28-23(32)19-9-6-10-29(19)20(30)14-27-18-8-5-4-7-17(18)21(25)22(26)31/h4-5,7-8,15-16,19,25,27H,6,9-14H2,1-3H3,(H2,26,31)(H,28,32)/p+1/t15?,16-,19+/m1/s1. The highest BCUT2D eigenvalue weighted by molar-refractivity contribution is 6.43. The van der Waals surface area contributed by atoms with Gasteiger partial charge in [-0.25, -0.2) is 5.41 Å². The Morgan fingerprint density at radius 2 is 1.97 bits per heavy atom. The molecule has 1 saturated carbocycles. The number of ether oxygens (including phenoxy) is 1. The van der Waals surface area contributed by atoms with Gasteiger partial charge in [0.1, 0.15) is 6.04 Å². The summed E-state index contributed by atoms with van der Waals surface area (Å²) in [6, 6.07) is 6.44. The molecule has 1 aromatic rings. The van der Waals surface area contributed by atoms with Crippen LogP contribution in [-0.4, -0.2) is 66.7 Å². The number of benzene rings is 1. The first-order chi connectivity index (χ1) is 15.6. The van der Waals surface area contributed by atoms with Crippen LogP contribution in [0, 0.1) is 5.41 Å². The van der Waals surface area contributed by atoms with Crippen molar-refractivity contribution in [3.8, 4) is 0 Å². The van der Waals surface area contributed by atoms with E-state index in [2.05, 4.69) is 24.5 Å². The Kier molecular flexibility index (Phi) is 7.73. The van der Waals surface area contributed by atoms with E-state index in [0.717, 1.165) is 25.7 Å². The molecule has 2 fully saturated rings. The van der Waals surface area contributed by atoms with Crippen molar-refractivity contribution in [3.05, 3.63) is 29.8 Å². The van der Waals surface area contributed by atoms with Gasteiger partial charge >= 0.3 is 5.91 Å². The van der Waals surface area contributed by atoms with Crippen molar-refractivity contribution < 1.29 is 24.5 Å². The normalized spacial score (nSPS) is 24.2. The van der Waals surface area contributed by atoms with Crippen LogP contribution in [0.1, 0.15) is 51.5 Å². The maximum atomic E-state index is 13.1. The summed E-state index contributed by atoms with van der Waals surface area (Å²) in [5.41, 5.74) is 6.29. The van der Waals surface area contributed by atoms with Crippen LogP contribution in [0.3, 0.4) is 0 Å². The molecule has 0 spiro atoms. The number of carbonyl (C=O) groups excluding carboxylic acids is 3. The van der Waals surface area contributed by atoms with E-state index in [1.807, 2.05) is 0 Å². The molecule has 3 rings (SSSR count). The van der Waals surface area contributed by atoms with Crippen molar-refractivity contribution in [2.45, 2.75) is 64.1 Å². The van der Waals surface area contributed by atoms with Gasteiger partial charge in [0.2, 0.25) is 11.8 Å². The summed E-state index contributed by atoms with van der Waals surface area (Å²) >= 11 is 0. The maximum absolute atomic E-state index is 13.1. The van der Waals surface area contributed by atoms with Gasteiger partial charge in [-0.05, 0) is 49.7 Å². The van der Waals surface area contributed by atoms with Gasteiger partial charge < -0.3 is 26.0 Å². The lowest BCUT2D eigenvalue weighted by Gasteiger charge is -2.40. The first-order valence-corrected chi connectivity index (χ1v) is 11.5. The number of nitrogens with one attached hydrogen (secondary N) is 2. The van der Waals surface area contributed by atoms with E-state index in [1.165, 1.54) is 0 Å². The van der Waals surface area contributed by atoms with Crippen LogP contribution in [0.4, 0.5) is 5.69 Å². The second kappa shape index (κ2) is 10.3. The molecular formula is C24H36N5O4+. The molecule has 0 aromatic heterocycles. The van der Waals surface area contributed by atoms with Crippen LogP contribution in [0.2, 0.25) is 0 Å². The zero-order chi connectivity index (χ0) is 24.2. The van der Waals surface area contributed by atoms with Crippen LogP contribution in [0.5, 0.6) is 0 Å². The minimum Gasteiger partial charge on any atom is -0.381 e. The molecule has 1 unspecified atom stereocenters. The van der Waals surface area contributed by atoms with Gasteiger partial charge in [0.25, 0.3) is 5.71 Å². The predicted molar refractivity (Wildman–Crippen MR) is 125 cm³/mol. The van der Waals surface area contributed by atoms with Crippen molar-refractivity contribution in [2.75, 3.05) is 25.5 Å². The fourth-order valence-corrected chi connectivity index (χ4v) is 5.05. The summed E-state index contributed by atoms with van der Waals surface area (Å²) in [6.45, 7) is 4.89. The van der Waals surface area contributed by atoms with Gasteiger partial charge in [0, 0.05) is 25.4 Å². The lowest BCUT2D eigenvalue weighted by atomic mass is 9.73. The van der Waals surface area contributed by atoms with Crippen molar-refractivity contribution in [2.24, 2.45) is 11.1 Å². The van der Waals surface area contributed by atoms with E-state index < -0.39 is 11.9 Å². The number of para-hydroxylation sites is 1. The molecular weight excluding hydrogens is 422 g/mol. The molecule has 9 nitrogen and oxygen atoms in total. The highest BCUT2D eigenvalue weighted by atomic mass is 16.5. The summed E-state index contributed by atoms with van der Waals surface area (Å²) in [7, 11) is 1.71. The number of rotatable bonds is 8. The summed E-state index contributed by atoms with van der Waals surface area (Å²) in [6.07, 6.45) is 4.17. The molecule has 33 heavy (non-hydrogen) atoms. The third-order valence-corrected chi connectivity index (χ3v) is 6.59. The van der Waals surface area contributed by atoms with E-state index in [1.54, 1.807) is 36.3 Å². The highest BCUT2D eigenvalue weighted by Crippen LogP contribution is 2.36. The van der Waals surface area contributed by atoms with Gasteiger partial charge in [-0.3, -0.25) is 14.4 Å². The quantitative estimate of drug-likeness (QED) is 0.401. The number of anilines is 1. The highest BCUT2D eigenvalue weighted by Gasteiger charge is 2.38. The van der Waals surface area contributed by atoms with Crippen molar-refractivity contribution in [1.29, 1.82) is 0 Å². The number of hydrogen-bond donors (Lipinski definition) is 4. The summed E-state index contributed by atoms with van der Waals surface area (Å²) < 4.78 is 5.57. The number of hydrogen-bond acceptors (Lipinski definition) is 5. The Morgan fingerprint density at radius 1 is 1.24 bits per heavy atom. The molecule has 0 bridgehead atoms. The Bertz CT molecular complexity index is 916. The van der Waals surface area contributed by atoms with E-state index in [9.17, 15) is 14.4 Å². The van der Waals surface area contributed by atoms with Gasteiger partial charge in [-0.2, -0.15) is 0 Å². The van der Waals surface area contributed by atoms with Crippen LogP contribution in [0.15, 0.2) is 24.3 Å². The smallest absolute Gasteiger partial charge is 0.313 e. The number of likely N-dealkylation sites (tertiary alicyclic amines) is 1. The molecule has 1 heterocycles. The van der Waals surface area contributed by atoms with E-state index in [4.69, 9.17) is 15.9 Å². The van der Waals surface area contributed by atoms with Gasteiger partial charge in [-0.15, -0.1) is 0 Å². The number of nitrogens with two attached hydrogens (primary N) is 2. The Balaban J connectivity index is 1.61. The first kappa shape index (κ1) is 24.7. The molecule has 0 radical (unpaired) electrons. The van der Waals surface area contributed by atoms with Crippen molar-refractivity contribution in [3.63, 3.8) is 0 Å². The minimum absolute atomic E-state index is 0.0188. The summed E-state index contributed by atoms with van der Waals surface area (Å²) in [4.78, 5) is 39.2. The zero-order valence-electron chi connectivity index (χ0n) is 19.7. The van der Waals surface area contributed by atoms with Crippen LogP contribution >= 0.6 is 0 Å². The predicted octanol–water partition coefficient (Wildman–Crippen LogP) is -0.167. The fraction of sp³-hybridized carbons (Fsp3) is 0.583. The molecule has 6 N–H and O–H groups in total. The maximum Gasteiger partial charge on any atom is 0.313 e. The third-order valence-electron chi connectivity index (χ3n) is 6.59. The van der Waals surface area contributed by atoms with Gasteiger partial charge in [-0.1, -0.05) is 26.0 Å². The van der Waals surface area contributed by atoms with E-state index in [-0.39, 0.29) is 41.6 Å².